The second-order valence-electron chi connectivity index (χ2n) is 9.44. The number of nitrogens with one attached hydrogen (secondary N) is 2. The summed E-state index contributed by atoms with van der Waals surface area (Å²) in [6.45, 7) is 8.23. The van der Waals surface area contributed by atoms with Crippen molar-refractivity contribution in [2.75, 3.05) is 13.2 Å². The molecule has 2 atom stereocenters. The molecule has 158 valence electrons. The fraction of sp³-hybridized carbons (Fsp3) is 0.682. The fourth-order valence-corrected chi connectivity index (χ4v) is 5.76. The Bertz CT molecular complexity index is 951. The number of aromatic amines is 1. The van der Waals surface area contributed by atoms with Gasteiger partial charge < -0.3 is 15.0 Å². The summed E-state index contributed by atoms with van der Waals surface area (Å²) >= 11 is 1.66. The van der Waals surface area contributed by atoms with Crippen molar-refractivity contribution in [2.45, 2.75) is 71.8 Å². The zero-order valence-electron chi connectivity index (χ0n) is 17.6. The number of H-pyrrole nitrogens is 1. The van der Waals surface area contributed by atoms with Crippen LogP contribution in [0.2, 0.25) is 0 Å². The summed E-state index contributed by atoms with van der Waals surface area (Å²) in [4.78, 5) is 34.6. The molecule has 1 amide bonds. The minimum absolute atomic E-state index is 0.0262. The zero-order valence-corrected chi connectivity index (χ0v) is 18.4. The van der Waals surface area contributed by atoms with E-state index in [2.05, 4.69) is 31.1 Å². The number of thiophene rings is 1. The lowest BCUT2D eigenvalue weighted by Crippen LogP contribution is -2.32. The number of ether oxygens (including phenoxy) is 1. The Kier molecular flexibility index (Phi) is 5.80. The fourth-order valence-electron chi connectivity index (χ4n) is 4.44. The lowest BCUT2D eigenvalue weighted by atomic mass is 9.72. The average Bonchev–Trinajstić information content (AvgIpc) is 3.30. The first-order valence-corrected chi connectivity index (χ1v) is 11.5. The van der Waals surface area contributed by atoms with Crippen LogP contribution < -0.4 is 10.9 Å². The first kappa shape index (κ1) is 20.5. The van der Waals surface area contributed by atoms with Gasteiger partial charge in [-0.15, -0.1) is 11.3 Å². The molecule has 0 saturated carbocycles. The van der Waals surface area contributed by atoms with Crippen LogP contribution in [0.4, 0.5) is 0 Å². The predicted octanol–water partition coefficient (Wildman–Crippen LogP) is 3.36. The summed E-state index contributed by atoms with van der Waals surface area (Å²) in [5.74, 6) is 1.21. The molecule has 1 aliphatic heterocycles. The monoisotopic (exact) mass is 417 g/mol. The molecule has 6 nitrogen and oxygen atoms in total. The van der Waals surface area contributed by atoms with Crippen LogP contribution in [0.5, 0.6) is 0 Å². The molecule has 0 aromatic carbocycles. The number of rotatable bonds is 5. The van der Waals surface area contributed by atoms with Gasteiger partial charge in [0.25, 0.3) is 5.56 Å². The number of fused-ring (bicyclic) bond motifs is 3. The smallest absolute Gasteiger partial charge is 0.259 e. The maximum absolute atomic E-state index is 12.7. The maximum atomic E-state index is 12.7. The van der Waals surface area contributed by atoms with Crippen LogP contribution in [0.25, 0.3) is 10.2 Å². The predicted molar refractivity (Wildman–Crippen MR) is 116 cm³/mol. The largest absolute Gasteiger partial charge is 0.376 e. The van der Waals surface area contributed by atoms with E-state index in [1.54, 1.807) is 11.3 Å². The summed E-state index contributed by atoms with van der Waals surface area (Å²) in [6.07, 6.45) is 6.07. The highest BCUT2D eigenvalue weighted by Crippen LogP contribution is 2.41. The van der Waals surface area contributed by atoms with E-state index in [9.17, 15) is 9.59 Å². The van der Waals surface area contributed by atoms with Crippen LogP contribution in [0, 0.1) is 11.3 Å². The minimum atomic E-state index is -0.0588. The van der Waals surface area contributed by atoms with Gasteiger partial charge in [0.15, 0.2) is 0 Å². The molecule has 2 aromatic heterocycles. The van der Waals surface area contributed by atoms with E-state index < -0.39 is 0 Å². The number of aryl methyl sites for hydroxylation is 2. The molecule has 0 bridgehead atoms. The van der Waals surface area contributed by atoms with Crippen molar-refractivity contribution in [1.29, 1.82) is 0 Å². The Labute approximate surface area is 175 Å². The third kappa shape index (κ3) is 4.56. The van der Waals surface area contributed by atoms with E-state index in [0.29, 0.717) is 31.1 Å². The lowest BCUT2D eigenvalue weighted by Gasteiger charge is -2.33. The molecule has 2 aliphatic rings. The third-order valence-electron chi connectivity index (χ3n) is 6.33. The van der Waals surface area contributed by atoms with Gasteiger partial charge in [-0.25, -0.2) is 4.98 Å². The minimum Gasteiger partial charge on any atom is -0.376 e. The number of hydrogen-bond donors (Lipinski definition) is 2. The van der Waals surface area contributed by atoms with Crippen molar-refractivity contribution in [2.24, 2.45) is 11.3 Å². The molecule has 4 rings (SSSR count). The second kappa shape index (κ2) is 8.19. The molecule has 1 fully saturated rings. The molecule has 1 saturated heterocycles. The van der Waals surface area contributed by atoms with Gasteiger partial charge >= 0.3 is 0 Å². The Balaban J connectivity index is 1.44. The zero-order chi connectivity index (χ0) is 20.6. The number of carbonyl (C=O) groups excluding carboxylic acids is 1. The number of nitrogens with zero attached hydrogens (tertiary/aromatic N) is 1. The number of amides is 1. The van der Waals surface area contributed by atoms with Crippen molar-refractivity contribution >= 4 is 27.5 Å². The Morgan fingerprint density at radius 1 is 1.34 bits per heavy atom. The molecule has 29 heavy (non-hydrogen) atoms. The lowest BCUT2D eigenvalue weighted by molar-refractivity contribution is -0.121. The number of hydrogen-bond acceptors (Lipinski definition) is 5. The van der Waals surface area contributed by atoms with Gasteiger partial charge in [0.2, 0.25) is 5.91 Å². The molecule has 0 radical (unpaired) electrons. The average molecular weight is 418 g/mol. The van der Waals surface area contributed by atoms with Crippen LogP contribution in [0.15, 0.2) is 4.79 Å². The van der Waals surface area contributed by atoms with Crippen LogP contribution >= 0.6 is 11.3 Å². The van der Waals surface area contributed by atoms with E-state index >= 15 is 0 Å². The molecule has 3 heterocycles. The molecule has 7 heteroatoms. The third-order valence-corrected chi connectivity index (χ3v) is 7.48. The molecular weight excluding hydrogens is 386 g/mol. The van der Waals surface area contributed by atoms with E-state index in [1.165, 1.54) is 10.4 Å². The van der Waals surface area contributed by atoms with Gasteiger partial charge in [0.05, 0.1) is 11.5 Å². The van der Waals surface area contributed by atoms with Crippen LogP contribution in [-0.4, -0.2) is 35.1 Å². The first-order chi connectivity index (χ1) is 13.8. The summed E-state index contributed by atoms with van der Waals surface area (Å²) in [6, 6.07) is 0. The van der Waals surface area contributed by atoms with Crippen molar-refractivity contribution in [3.63, 3.8) is 0 Å². The second-order valence-corrected chi connectivity index (χ2v) is 10.5. The highest BCUT2D eigenvalue weighted by atomic mass is 32.1. The van der Waals surface area contributed by atoms with Crippen LogP contribution in [0.3, 0.4) is 0 Å². The van der Waals surface area contributed by atoms with E-state index in [1.807, 2.05) is 0 Å². The Hall–Kier alpha value is -1.73. The van der Waals surface area contributed by atoms with Gasteiger partial charge in [-0.05, 0) is 49.0 Å². The molecule has 1 aliphatic carbocycles. The highest BCUT2D eigenvalue weighted by Gasteiger charge is 2.31. The standard InChI is InChI=1S/C22H31N3O3S/c1-22(2,3)13-6-7-15-16(11-13)29-21-19(15)20(27)24-17(25-21)8-9-18(26)23-12-14-5-4-10-28-14/h13-14H,4-12H2,1-3H3,(H,23,26)(H,24,25,27)/t13-,14+/m1/s1. The molecular formula is C22H31N3O3S. The summed E-state index contributed by atoms with van der Waals surface area (Å²) in [7, 11) is 0. The van der Waals surface area contributed by atoms with Gasteiger partial charge in [-0.3, -0.25) is 9.59 Å². The number of carbonyl (C=O) groups is 1. The SMILES string of the molecule is CC(C)(C)[C@@H]1CCc2c(sc3nc(CCC(=O)NC[C@@H]4CCCO4)[nH]c(=O)c23)C1. The van der Waals surface area contributed by atoms with Gasteiger partial charge in [0, 0.05) is 30.9 Å². The maximum Gasteiger partial charge on any atom is 0.259 e. The molecule has 2 N–H and O–H groups in total. The summed E-state index contributed by atoms with van der Waals surface area (Å²) < 4.78 is 5.53. The quantitative estimate of drug-likeness (QED) is 0.781. The number of aromatic nitrogens is 2. The molecule has 0 unspecified atom stereocenters. The van der Waals surface area contributed by atoms with Crippen molar-refractivity contribution in [3.05, 3.63) is 26.6 Å². The van der Waals surface area contributed by atoms with E-state index in [0.717, 1.165) is 48.9 Å². The first-order valence-electron chi connectivity index (χ1n) is 10.7. The summed E-state index contributed by atoms with van der Waals surface area (Å²) in [5, 5.41) is 3.69. The van der Waals surface area contributed by atoms with Crippen LogP contribution in [-0.2, 0) is 28.8 Å². The van der Waals surface area contributed by atoms with E-state index in [4.69, 9.17) is 9.72 Å². The summed E-state index contributed by atoms with van der Waals surface area (Å²) in [5.41, 5.74) is 1.41. The topological polar surface area (TPSA) is 84.1 Å². The molecule has 0 spiro atoms. The van der Waals surface area contributed by atoms with Gasteiger partial charge in [0.1, 0.15) is 10.7 Å². The van der Waals surface area contributed by atoms with Gasteiger partial charge in [-0.2, -0.15) is 0 Å². The van der Waals surface area contributed by atoms with Crippen LogP contribution in [0.1, 0.15) is 62.7 Å². The normalized spacial score (nSPS) is 22.0. The highest BCUT2D eigenvalue weighted by molar-refractivity contribution is 7.18. The molecule has 2 aromatic rings. The van der Waals surface area contributed by atoms with Crippen molar-refractivity contribution in [1.82, 2.24) is 15.3 Å². The van der Waals surface area contributed by atoms with Crippen molar-refractivity contribution < 1.29 is 9.53 Å². The van der Waals surface area contributed by atoms with Crippen molar-refractivity contribution in [3.8, 4) is 0 Å². The Morgan fingerprint density at radius 2 is 2.17 bits per heavy atom. The Morgan fingerprint density at radius 3 is 2.90 bits per heavy atom. The van der Waals surface area contributed by atoms with Gasteiger partial charge in [-0.1, -0.05) is 20.8 Å². The van der Waals surface area contributed by atoms with E-state index in [-0.39, 0.29) is 23.0 Å².